The van der Waals surface area contributed by atoms with E-state index in [9.17, 15) is 0 Å². The van der Waals surface area contributed by atoms with E-state index >= 15 is 0 Å². The summed E-state index contributed by atoms with van der Waals surface area (Å²) in [4.78, 5) is 9.82. The Labute approximate surface area is 152 Å². The van der Waals surface area contributed by atoms with Crippen molar-refractivity contribution >= 4 is 11.8 Å². The summed E-state index contributed by atoms with van der Waals surface area (Å²) in [5.74, 6) is 1.54. The van der Waals surface area contributed by atoms with Crippen molar-refractivity contribution in [1.82, 2.24) is 0 Å². The predicted octanol–water partition coefficient (Wildman–Crippen LogP) is 3.81. The fraction of sp³-hybridized carbons (Fsp3) is 0.364. The topological polar surface area (TPSA) is 43.2 Å². The number of hydrogen-bond acceptors (Lipinski definition) is 4. The monoisotopic (exact) mass is 344 g/mol. The van der Waals surface area contributed by atoms with Crippen LogP contribution in [0.25, 0.3) is 0 Å². The quantitative estimate of drug-likeness (QED) is 0.831. The predicted molar refractivity (Wildman–Crippen MR) is 99.6 cm³/mol. The Bertz CT molecular complexity index is 887. The van der Waals surface area contributed by atoms with Gasteiger partial charge in [-0.05, 0) is 29.2 Å². The Morgan fingerprint density at radius 3 is 1.73 bits per heavy atom. The lowest BCUT2D eigenvalue weighted by Crippen LogP contribution is -2.26. The highest BCUT2D eigenvalue weighted by molar-refractivity contribution is 6.01. The molecule has 0 saturated carbocycles. The average molecular weight is 344 g/mol. The zero-order chi connectivity index (χ0) is 17.3. The summed E-state index contributed by atoms with van der Waals surface area (Å²) in [6.45, 7) is 2.09. The van der Waals surface area contributed by atoms with Gasteiger partial charge < -0.3 is 9.47 Å². The molecule has 2 aromatic rings. The summed E-state index contributed by atoms with van der Waals surface area (Å²) in [5, 5.41) is 0. The number of rotatable bonds is 2. The highest BCUT2D eigenvalue weighted by atomic mass is 16.5. The standard InChI is InChI=1S/C22H20N2O2/c1-12(21-23-19-15-8-4-2-6-13(15)10-17(19)25-21)22-24-20-16-9-5-3-7-14(16)11-18(20)26-22/h2-9,12,17-20H,10-11H2,1H3/t12?,17-,18+,19+,20-. The van der Waals surface area contributed by atoms with Crippen molar-refractivity contribution in [2.75, 3.05) is 0 Å². The van der Waals surface area contributed by atoms with Crippen molar-refractivity contribution in [1.29, 1.82) is 0 Å². The minimum absolute atomic E-state index is 0.0227. The molecular weight excluding hydrogens is 324 g/mol. The summed E-state index contributed by atoms with van der Waals surface area (Å²) in [7, 11) is 0. The van der Waals surface area contributed by atoms with Gasteiger partial charge in [0, 0.05) is 12.8 Å². The number of fused-ring (bicyclic) bond motifs is 6. The van der Waals surface area contributed by atoms with Crippen LogP contribution >= 0.6 is 0 Å². The first kappa shape index (κ1) is 14.5. The van der Waals surface area contributed by atoms with Crippen molar-refractivity contribution in [3.63, 3.8) is 0 Å². The first-order chi connectivity index (χ1) is 12.8. The Morgan fingerprint density at radius 2 is 1.23 bits per heavy atom. The molecule has 0 aromatic heterocycles. The van der Waals surface area contributed by atoms with Gasteiger partial charge >= 0.3 is 0 Å². The third kappa shape index (κ3) is 1.96. The summed E-state index contributed by atoms with van der Waals surface area (Å²) >= 11 is 0. The van der Waals surface area contributed by atoms with Crippen LogP contribution in [0.1, 0.15) is 41.3 Å². The van der Waals surface area contributed by atoms with Crippen LogP contribution in [0, 0.1) is 5.92 Å². The van der Waals surface area contributed by atoms with Crippen molar-refractivity contribution < 1.29 is 9.47 Å². The van der Waals surface area contributed by atoms with Gasteiger partial charge in [-0.1, -0.05) is 48.5 Å². The maximum absolute atomic E-state index is 6.22. The molecule has 0 bridgehead atoms. The van der Waals surface area contributed by atoms with Crippen LogP contribution in [-0.4, -0.2) is 24.0 Å². The minimum atomic E-state index is -0.0227. The second kappa shape index (κ2) is 5.19. The van der Waals surface area contributed by atoms with Crippen LogP contribution in [0.4, 0.5) is 0 Å². The molecule has 0 radical (unpaired) electrons. The average Bonchev–Trinajstić information content (AvgIpc) is 3.38. The normalized spacial score (nSPS) is 31.1. The fourth-order valence-electron chi connectivity index (χ4n) is 4.77. The largest absolute Gasteiger partial charge is 0.474 e. The molecule has 2 aromatic carbocycles. The second-order valence-electron chi connectivity index (χ2n) is 7.66. The van der Waals surface area contributed by atoms with E-state index < -0.39 is 0 Å². The van der Waals surface area contributed by atoms with Gasteiger partial charge in [0.2, 0.25) is 0 Å². The molecule has 0 amide bonds. The molecule has 5 atom stereocenters. The number of nitrogens with zero attached hydrogens (tertiary/aromatic N) is 2. The van der Waals surface area contributed by atoms with E-state index in [1.807, 2.05) is 0 Å². The lowest BCUT2D eigenvalue weighted by Gasteiger charge is -2.15. The van der Waals surface area contributed by atoms with Crippen LogP contribution in [-0.2, 0) is 22.3 Å². The maximum Gasteiger partial charge on any atom is 0.196 e. The molecule has 0 spiro atoms. The zero-order valence-electron chi connectivity index (χ0n) is 14.6. The highest BCUT2D eigenvalue weighted by Gasteiger charge is 2.45. The van der Waals surface area contributed by atoms with Gasteiger partial charge in [-0.2, -0.15) is 0 Å². The molecular formula is C22H20N2O2. The summed E-state index contributed by atoms with van der Waals surface area (Å²) < 4.78 is 12.4. The smallest absolute Gasteiger partial charge is 0.196 e. The molecule has 0 N–H and O–H groups in total. The molecule has 2 aliphatic carbocycles. The zero-order valence-corrected chi connectivity index (χ0v) is 14.6. The SMILES string of the molecule is CC(C1=N[C@@H]2c3ccccc3C[C@@H]2O1)C1=N[C@H]2c3ccccc3C[C@H]2O1. The molecule has 2 aliphatic heterocycles. The molecule has 4 aliphatic rings. The molecule has 2 heterocycles. The molecule has 6 rings (SSSR count). The second-order valence-corrected chi connectivity index (χ2v) is 7.66. The Kier molecular flexibility index (Phi) is 2.90. The van der Waals surface area contributed by atoms with E-state index in [0.29, 0.717) is 0 Å². The summed E-state index contributed by atoms with van der Waals surface area (Å²) in [6.07, 6.45) is 2.14. The molecule has 4 heteroatoms. The van der Waals surface area contributed by atoms with E-state index in [-0.39, 0.29) is 30.2 Å². The van der Waals surface area contributed by atoms with Gasteiger partial charge in [0.1, 0.15) is 30.2 Å². The molecule has 0 fully saturated rings. The van der Waals surface area contributed by atoms with Crippen LogP contribution in [0.3, 0.4) is 0 Å². The van der Waals surface area contributed by atoms with E-state index in [1.165, 1.54) is 22.3 Å². The maximum atomic E-state index is 6.22. The van der Waals surface area contributed by atoms with Crippen molar-refractivity contribution in [2.45, 2.75) is 44.1 Å². The van der Waals surface area contributed by atoms with Gasteiger partial charge in [-0.25, -0.2) is 9.98 Å². The molecule has 26 heavy (non-hydrogen) atoms. The first-order valence-electron chi connectivity index (χ1n) is 9.42. The Morgan fingerprint density at radius 1 is 0.769 bits per heavy atom. The van der Waals surface area contributed by atoms with Crippen LogP contribution in [0.2, 0.25) is 0 Å². The van der Waals surface area contributed by atoms with Gasteiger partial charge in [0.25, 0.3) is 0 Å². The van der Waals surface area contributed by atoms with Gasteiger partial charge in [-0.15, -0.1) is 0 Å². The van der Waals surface area contributed by atoms with E-state index in [4.69, 9.17) is 19.5 Å². The lowest BCUT2D eigenvalue weighted by molar-refractivity contribution is 0.184. The number of aliphatic imine (C=N–C) groups is 2. The van der Waals surface area contributed by atoms with Crippen molar-refractivity contribution in [2.24, 2.45) is 15.9 Å². The van der Waals surface area contributed by atoms with Crippen LogP contribution < -0.4 is 0 Å². The van der Waals surface area contributed by atoms with Crippen LogP contribution in [0.15, 0.2) is 58.5 Å². The van der Waals surface area contributed by atoms with Gasteiger partial charge in [0.05, 0.1) is 0 Å². The van der Waals surface area contributed by atoms with E-state index in [0.717, 1.165) is 24.6 Å². The highest BCUT2D eigenvalue weighted by Crippen LogP contribution is 2.43. The summed E-state index contributed by atoms with van der Waals surface area (Å²) in [5.41, 5.74) is 5.33. The Hall–Kier alpha value is -2.62. The fourth-order valence-corrected chi connectivity index (χ4v) is 4.77. The molecule has 130 valence electrons. The molecule has 1 unspecified atom stereocenters. The molecule has 0 saturated heterocycles. The number of benzene rings is 2. The number of hydrogen-bond donors (Lipinski definition) is 0. The van der Waals surface area contributed by atoms with Gasteiger partial charge in [-0.3, -0.25) is 0 Å². The third-order valence-corrected chi connectivity index (χ3v) is 6.11. The Balaban J connectivity index is 1.28. The minimum Gasteiger partial charge on any atom is -0.474 e. The third-order valence-electron chi connectivity index (χ3n) is 6.11. The van der Waals surface area contributed by atoms with Crippen molar-refractivity contribution in [3.05, 3.63) is 70.8 Å². The van der Waals surface area contributed by atoms with E-state index in [1.54, 1.807) is 0 Å². The number of ether oxygens (including phenoxy) is 2. The summed E-state index contributed by atoms with van der Waals surface area (Å²) in [6, 6.07) is 17.3. The lowest BCUT2D eigenvalue weighted by atomic mass is 10.1. The first-order valence-corrected chi connectivity index (χ1v) is 9.42. The van der Waals surface area contributed by atoms with Crippen LogP contribution in [0.5, 0.6) is 0 Å². The van der Waals surface area contributed by atoms with E-state index in [2.05, 4.69) is 55.5 Å². The van der Waals surface area contributed by atoms with Gasteiger partial charge in [0.15, 0.2) is 11.8 Å². The van der Waals surface area contributed by atoms with Crippen molar-refractivity contribution in [3.8, 4) is 0 Å². The molecule has 4 nitrogen and oxygen atoms in total.